The molecule has 0 atom stereocenters. The van der Waals surface area contributed by atoms with Gasteiger partial charge in [0, 0.05) is 32.8 Å². The summed E-state index contributed by atoms with van der Waals surface area (Å²) in [6, 6.07) is 79.4. The van der Waals surface area contributed by atoms with Crippen molar-refractivity contribution in [1.82, 2.24) is 9.13 Å². The summed E-state index contributed by atoms with van der Waals surface area (Å²) < 4.78 is 4.87. The Hall–Kier alpha value is -7.42. The van der Waals surface area contributed by atoms with Crippen LogP contribution in [-0.2, 0) is 0 Å². The molecule has 11 rings (SSSR count). The molecule has 9 aromatic carbocycles. The van der Waals surface area contributed by atoms with E-state index in [9.17, 15) is 0 Å². The summed E-state index contributed by atoms with van der Waals surface area (Å²) in [4.78, 5) is 0. The van der Waals surface area contributed by atoms with Crippen molar-refractivity contribution in [3.05, 3.63) is 218 Å². The van der Waals surface area contributed by atoms with Gasteiger partial charge in [0.1, 0.15) is 0 Å². The van der Waals surface area contributed by atoms with Crippen LogP contribution in [0.1, 0.15) is 0 Å². The second kappa shape index (κ2) is 13.2. The van der Waals surface area contributed by atoms with Crippen molar-refractivity contribution in [1.29, 1.82) is 0 Å². The van der Waals surface area contributed by atoms with Gasteiger partial charge in [0.15, 0.2) is 0 Å². The number of aromatic nitrogens is 2. The topological polar surface area (TPSA) is 9.86 Å². The number of rotatable bonds is 6. The Morgan fingerprint density at radius 2 is 0.750 bits per heavy atom. The van der Waals surface area contributed by atoms with E-state index in [1.54, 1.807) is 0 Å². The predicted octanol–water partition coefficient (Wildman–Crippen LogP) is 14.5. The average Bonchev–Trinajstić information content (AvgIpc) is 3.79. The maximum atomic E-state index is 2.46. The maximum absolute atomic E-state index is 2.46. The van der Waals surface area contributed by atoms with Gasteiger partial charge in [-0.1, -0.05) is 164 Å². The lowest BCUT2D eigenvalue weighted by molar-refractivity contribution is 1.18. The molecule has 0 bridgehead atoms. The fraction of sp³-hybridized carbons (Fsp3) is 0. The van der Waals surface area contributed by atoms with Crippen molar-refractivity contribution < 1.29 is 0 Å². The molecule has 2 heteroatoms. The molecule has 11 aromatic rings. The molecule has 2 nitrogen and oxygen atoms in total. The molecule has 0 aliphatic rings. The molecule has 0 radical (unpaired) electrons. The summed E-state index contributed by atoms with van der Waals surface area (Å²) in [5, 5.41) is 4.98. The predicted molar refractivity (Wildman–Crippen MR) is 237 cm³/mol. The normalized spacial score (nSPS) is 11.6. The smallest absolute Gasteiger partial charge is 0.0547 e. The van der Waals surface area contributed by atoms with Crippen LogP contribution in [0.3, 0.4) is 0 Å². The molecule has 0 amide bonds. The van der Waals surface area contributed by atoms with Crippen LogP contribution in [0.15, 0.2) is 218 Å². The quantitative estimate of drug-likeness (QED) is 0.162. The minimum atomic E-state index is 1.16. The summed E-state index contributed by atoms with van der Waals surface area (Å²) in [6.45, 7) is 0. The molecule has 2 aromatic heterocycles. The van der Waals surface area contributed by atoms with Gasteiger partial charge in [0.25, 0.3) is 0 Å². The van der Waals surface area contributed by atoms with Gasteiger partial charge >= 0.3 is 0 Å². The van der Waals surface area contributed by atoms with E-state index >= 15 is 0 Å². The second-order valence-corrected chi connectivity index (χ2v) is 14.5. The number of hydrogen-bond acceptors (Lipinski definition) is 0. The fourth-order valence-corrected chi connectivity index (χ4v) is 8.76. The molecular weight excluding hydrogens is 677 g/mol. The molecule has 0 saturated heterocycles. The van der Waals surface area contributed by atoms with Crippen molar-refractivity contribution in [3.8, 4) is 55.9 Å². The summed E-state index contributed by atoms with van der Waals surface area (Å²) >= 11 is 0. The van der Waals surface area contributed by atoms with E-state index in [4.69, 9.17) is 0 Å². The Morgan fingerprint density at radius 1 is 0.250 bits per heavy atom. The molecule has 0 spiro atoms. The molecule has 2 heterocycles. The van der Waals surface area contributed by atoms with Crippen molar-refractivity contribution in [3.63, 3.8) is 0 Å². The first kappa shape index (κ1) is 32.0. The third-order valence-electron chi connectivity index (χ3n) is 11.3. The van der Waals surface area contributed by atoms with Crippen LogP contribution < -0.4 is 0 Å². The summed E-state index contributed by atoms with van der Waals surface area (Å²) in [5.74, 6) is 0. The highest BCUT2D eigenvalue weighted by Crippen LogP contribution is 2.42. The van der Waals surface area contributed by atoms with Crippen molar-refractivity contribution in [2.45, 2.75) is 0 Å². The highest BCUT2D eigenvalue weighted by molar-refractivity contribution is 6.17. The summed E-state index contributed by atoms with van der Waals surface area (Å²) in [6.07, 6.45) is 0. The van der Waals surface area contributed by atoms with Crippen LogP contribution in [-0.4, -0.2) is 9.13 Å². The Balaban J connectivity index is 1.14. The number of fused-ring (bicyclic) bond motifs is 6. The molecule has 0 N–H and O–H groups in total. The first-order valence-electron chi connectivity index (χ1n) is 19.3. The zero-order valence-corrected chi connectivity index (χ0v) is 30.7. The van der Waals surface area contributed by atoms with E-state index in [-0.39, 0.29) is 0 Å². The molecule has 0 fully saturated rings. The Kier molecular flexibility index (Phi) is 7.53. The number of nitrogens with zero attached hydrogens (tertiary/aromatic N) is 2. The molecule has 0 aliphatic heterocycles. The van der Waals surface area contributed by atoms with Gasteiger partial charge in [-0.05, 0) is 93.5 Å². The molecule has 56 heavy (non-hydrogen) atoms. The molecular formula is C54H36N2. The Bertz CT molecular complexity index is 3210. The summed E-state index contributed by atoms with van der Waals surface area (Å²) in [7, 11) is 0. The average molecular weight is 713 g/mol. The van der Waals surface area contributed by atoms with Gasteiger partial charge in [-0.3, -0.25) is 0 Å². The van der Waals surface area contributed by atoms with Gasteiger partial charge in [0.05, 0.1) is 27.8 Å². The van der Waals surface area contributed by atoms with Crippen LogP contribution >= 0.6 is 0 Å². The van der Waals surface area contributed by atoms with Crippen LogP contribution in [0.2, 0.25) is 0 Å². The van der Waals surface area contributed by atoms with Crippen LogP contribution in [0.5, 0.6) is 0 Å². The number of para-hydroxylation sites is 2. The van der Waals surface area contributed by atoms with E-state index < -0.39 is 0 Å². The minimum absolute atomic E-state index is 1.16. The Morgan fingerprint density at radius 3 is 1.45 bits per heavy atom. The van der Waals surface area contributed by atoms with E-state index in [0.29, 0.717) is 0 Å². The third-order valence-corrected chi connectivity index (χ3v) is 11.3. The monoisotopic (exact) mass is 712 g/mol. The van der Waals surface area contributed by atoms with E-state index in [2.05, 4.69) is 228 Å². The number of hydrogen-bond donors (Lipinski definition) is 0. The molecule has 262 valence electrons. The zero-order chi connectivity index (χ0) is 37.0. The number of benzene rings is 9. The third kappa shape index (κ3) is 5.19. The van der Waals surface area contributed by atoms with E-state index in [1.807, 2.05) is 0 Å². The van der Waals surface area contributed by atoms with Crippen molar-refractivity contribution >= 4 is 43.6 Å². The van der Waals surface area contributed by atoms with Crippen molar-refractivity contribution in [2.24, 2.45) is 0 Å². The van der Waals surface area contributed by atoms with E-state index in [0.717, 1.165) is 5.69 Å². The van der Waals surface area contributed by atoms with Crippen molar-refractivity contribution in [2.75, 3.05) is 0 Å². The standard InChI is InChI=1S/C54H36N2/c1-5-16-37(17-6-1)42-28-31-44(38-18-7-2-8-19-38)53(36-42)56-49-26-14-13-24-46(49)47-34-40(29-32-50(47)56)41-30-33-51-48(35-41)54-45(39-20-9-3-10-21-39)25-15-27-52(54)55(51)43-22-11-4-12-23-43/h1-36H. The minimum Gasteiger partial charge on any atom is -0.309 e. The Labute approximate surface area is 325 Å². The molecule has 0 aliphatic carbocycles. The first-order chi connectivity index (χ1) is 27.8. The SMILES string of the molecule is c1ccc(-c2ccc(-c3ccccc3)c(-n3c4ccccc4c4cc(-c5ccc6c(c5)c5c(-c7ccccc7)cccc5n6-c5ccccc5)ccc43)c2)cc1. The molecule has 0 unspecified atom stereocenters. The maximum Gasteiger partial charge on any atom is 0.0547 e. The summed E-state index contributed by atoms with van der Waals surface area (Å²) in [5.41, 5.74) is 16.8. The lowest BCUT2D eigenvalue weighted by Gasteiger charge is -2.16. The van der Waals surface area contributed by atoms with Crippen LogP contribution in [0.25, 0.3) is 99.5 Å². The highest BCUT2D eigenvalue weighted by atomic mass is 15.0. The van der Waals surface area contributed by atoms with Gasteiger partial charge in [0.2, 0.25) is 0 Å². The molecule has 0 saturated carbocycles. The largest absolute Gasteiger partial charge is 0.309 e. The van der Waals surface area contributed by atoms with Gasteiger partial charge in [-0.25, -0.2) is 0 Å². The lowest BCUT2D eigenvalue weighted by Crippen LogP contribution is -1.98. The fourth-order valence-electron chi connectivity index (χ4n) is 8.76. The van der Waals surface area contributed by atoms with Crippen LogP contribution in [0.4, 0.5) is 0 Å². The second-order valence-electron chi connectivity index (χ2n) is 14.5. The van der Waals surface area contributed by atoms with Gasteiger partial charge in [-0.15, -0.1) is 0 Å². The van der Waals surface area contributed by atoms with Gasteiger partial charge < -0.3 is 9.13 Å². The van der Waals surface area contributed by atoms with E-state index in [1.165, 1.54) is 93.8 Å². The van der Waals surface area contributed by atoms with Gasteiger partial charge in [-0.2, -0.15) is 0 Å². The lowest BCUT2D eigenvalue weighted by atomic mass is 9.97. The highest BCUT2D eigenvalue weighted by Gasteiger charge is 2.20. The van der Waals surface area contributed by atoms with Crippen LogP contribution in [0, 0.1) is 0 Å². The first-order valence-corrected chi connectivity index (χ1v) is 19.3. The zero-order valence-electron chi connectivity index (χ0n) is 30.7.